The van der Waals surface area contributed by atoms with Crippen molar-refractivity contribution in [1.29, 1.82) is 0 Å². The molecule has 0 radical (unpaired) electrons. The predicted molar refractivity (Wildman–Crippen MR) is 117 cm³/mol. The topological polar surface area (TPSA) is 72.3 Å². The highest BCUT2D eigenvalue weighted by atomic mass is 35.5. The minimum atomic E-state index is -0.0723. The molecule has 0 bridgehead atoms. The minimum Gasteiger partial charge on any atom is -0.496 e. The Morgan fingerprint density at radius 3 is 2.67 bits per heavy atom. The summed E-state index contributed by atoms with van der Waals surface area (Å²) in [5, 5.41) is 11.9. The number of hydrogen-bond acceptors (Lipinski definition) is 5. The molecule has 1 aromatic heterocycles. The number of amides is 1. The van der Waals surface area contributed by atoms with E-state index in [2.05, 4.69) is 15.6 Å². The van der Waals surface area contributed by atoms with Crippen LogP contribution in [0.4, 0.5) is 0 Å². The molecule has 1 N–H and O–H groups in total. The third-order valence-corrected chi connectivity index (χ3v) is 5.37. The highest BCUT2D eigenvalue weighted by Crippen LogP contribution is 2.30. The van der Waals surface area contributed by atoms with Crippen LogP contribution in [0.15, 0.2) is 54.6 Å². The maximum atomic E-state index is 13.2. The van der Waals surface area contributed by atoms with Crippen molar-refractivity contribution in [2.45, 2.75) is 19.4 Å². The summed E-state index contributed by atoms with van der Waals surface area (Å²) < 4.78 is 7.30. The summed E-state index contributed by atoms with van der Waals surface area (Å²) in [5.41, 5.74) is 3.54. The predicted octanol–water partition coefficient (Wildman–Crippen LogP) is 2.72. The fraction of sp³-hybridized carbons (Fsp3) is 0.318. The number of carbonyl (C=O) groups excluding carboxylic acids is 1. The first-order valence-electron chi connectivity index (χ1n) is 9.78. The average molecular weight is 428 g/mol. The quantitative estimate of drug-likeness (QED) is 0.677. The molecule has 7 nitrogen and oxygen atoms in total. The fourth-order valence-electron chi connectivity index (χ4n) is 3.81. The van der Waals surface area contributed by atoms with Crippen LogP contribution in [-0.4, -0.2) is 52.5 Å². The lowest BCUT2D eigenvalue weighted by Gasteiger charge is -2.37. The number of nitrogens with zero attached hydrogens (tertiary/aromatic N) is 4. The first-order valence-corrected chi connectivity index (χ1v) is 9.78. The van der Waals surface area contributed by atoms with Crippen LogP contribution in [0.1, 0.15) is 23.0 Å². The van der Waals surface area contributed by atoms with Gasteiger partial charge in [-0.25, -0.2) is 4.68 Å². The molecule has 2 heterocycles. The summed E-state index contributed by atoms with van der Waals surface area (Å²) in [6.45, 7) is 4.06. The molecule has 30 heavy (non-hydrogen) atoms. The van der Waals surface area contributed by atoms with E-state index in [9.17, 15) is 4.79 Å². The number of rotatable bonds is 5. The van der Waals surface area contributed by atoms with Gasteiger partial charge in [0.1, 0.15) is 5.75 Å². The zero-order valence-corrected chi connectivity index (χ0v) is 17.9. The lowest BCUT2D eigenvalue weighted by Crippen LogP contribution is -2.49. The molecule has 2 aromatic carbocycles. The second-order valence-corrected chi connectivity index (χ2v) is 7.09. The maximum Gasteiger partial charge on any atom is 0.229 e. The Hall–Kier alpha value is -2.90. The van der Waals surface area contributed by atoms with E-state index >= 15 is 0 Å². The van der Waals surface area contributed by atoms with E-state index in [0.29, 0.717) is 18.8 Å². The summed E-state index contributed by atoms with van der Waals surface area (Å²) in [6, 6.07) is 17.6. The molecule has 1 unspecified atom stereocenters. The number of para-hydroxylation sites is 2. The van der Waals surface area contributed by atoms with Gasteiger partial charge in [-0.05, 0) is 25.1 Å². The Morgan fingerprint density at radius 2 is 1.90 bits per heavy atom. The van der Waals surface area contributed by atoms with E-state index in [1.54, 1.807) is 11.8 Å². The third-order valence-electron chi connectivity index (χ3n) is 5.37. The van der Waals surface area contributed by atoms with E-state index in [0.717, 1.165) is 29.2 Å². The lowest BCUT2D eigenvalue weighted by molar-refractivity contribution is -0.133. The molecule has 158 valence electrons. The summed E-state index contributed by atoms with van der Waals surface area (Å²) in [7, 11) is 1.66. The molecule has 4 rings (SSSR count). The van der Waals surface area contributed by atoms with Crippen LogP contribution in [0.5, 0.6) is 5.75 Å². The SMILES string of the molecule is COc1ccccc1C1CNCCN1C(=O)Cc1nnn(-c2ccccc2)c1C.Cl. The molecule has 1 amide bonds. The van der Waals surface area contributed by atoms with Crippen LogP contribution in [0.3, 0.4) is 0 Å². The zero-order valence-electron chi connectivity index (χ0n) is 17.1. The van der Waals surface area contributed by atoms with Gasteiger partial charge >= 0.3 is 0 Å². The summed E-state index contributed by atoms with van der Waals surface area (Å²) in [6.07, 6.45) is 0.227. The second-order valence-electron chi connectivity index (χ2n) is 7.09. The van der Waals surface area contributed by atoms with Crippen molar-refractivity contribution in [2.24, 2.45) is 0 Å². The Kier molecular flexibility index (Phi) is 7.07. The van der Waals surface area contributed by atoms with Crippen LogP contribution in [0.25, 0.3) is 5.69 Å². The number of ether oxygens (including phenoxy) is 1. The van der Waals surface area contributed by atoms with Crippen molar-refractivity contribution < 1.29 is 9.53 Å². The first kappa shape index (κ1) is 21.8. The first-order chi connectivity index (χ1) is 14.2. The number of halogens is 1. The van der Waals surface area contributed by atoms with E-state index in [4.69, 9.17) is 4.74 Å². The van der Waals surface area contributed by atoms with Gasteiger partial charge in [0.15, 0.2) is 0 Å². The van der Waals surface area contributed by atoms with Gasteiger partial charge in [0, 0.05) is 25.2 Å². The molecule has 1 saturated heterocycles. The molecule has 8 heteroatoms. The number of piperazine rings is 1. The highest BCUT2D eigenvalue weighted by molar-refractivity contribution is 5.85. The van der Waals surface area contributed by atoms with E-state index in [-0.39, 0.29) is 30.8 Å². The largest absolute Gasteiger partial charge is 0.496 e. The van der Waals surface area contributed by atoms with Crippen LogP contribution in [-0.2, 0) is 11.2 Å². The van der Waals surface area contributed by atoms with Crippen LogP contribution in [0.2, 0.25) is 0 Å². The number of hydrogen-bond donors (Lipinski definition) is 1. The summed E-state index contributed by atoms with van der Waals surface area (Å²) in [4.78, 5) is 15.2. The van der Waals surface area contributed by atoms with Gasteiger partial charge in [0.05, 0.1) is 36.6 Å². The van der Waals surface area contributed by atoms with Gasteiger partial charge in [0.2, 0.25) is 5.91 Å². The van der Waals surface area contributed by atoms with E-state index in [1.807, 2.05) is 66.4 Å². The van der Waals surface area contributed by atoms with Crippen molar-refractivity contribution in [1.82, 2.24) is 25.2 Å². The van der Waals surface area contributed by atoms with Gasteiger partial charge in [-0.3, -0.25) is 4.79 Å². The molecule has 1 fully saturated rings. The maximum absolute atomic E-state index is 13.2. The molecular weight excluding hydrogens is 402 g/mol. The monoisotopic (exact) mass is 427 g/mol. The molecule has 1 atom stereocenters. The molecule has 1 aliphatic heterocycles. The van der Waals surface area contributed by atoms with E-state index in [1.165, 1.54) is 0 Å². The van der Waals surface area contributed by atoms with Gasteiger partial charge in [-0.2, -0.15) is 0 Å². The van der Waals surface area contributed by atoms with Crippen LogP contribution >= 0.6 is 12.4 Å². The van der Waals surface area contributed by atoms with Crippen molar-refractivity contribution >= 4 is 18.3 Å². The number of methoxy groups -OCH3 is 1. The number of nitrogens with one attached hydrogen (secondary N) is 1. The molecule has 0 saturated carbocycles. The minimum absolute atomic E-state index is 0. The van der Waals surface area contributed by atoms with E-state index < -0.39 is 0 Å². The Labute approximate surface area is 182 Å². The van der Waals surface area contributed by atoms with Gasteiger partial charge in [-0.1, -0.05) is 41.6 Å². The highest BCUT2D eigenvalue weighted by Gasteiger charge is 2.30. The average Bonchev–Trinajstić information content (AvgIpc) is 3.14. The molecule has 1 aliphatic rings. The summed E-state index contributed by atoms with van der Waals surface area (Å²) in [5.74, 6) is 0.843. The van der Waals surface area contributed by atoms with Crippen LogP contribution < -0.4 is 10.1 Å². The van der Waals surface area contributed by atoms with Gasteiger partial charge < -0.3 is 15.0 Å². The lowest BCUT2D eigenvalue weighted by atomic mass is 10.0. The second kappa shape index (κ2) is 9.73. The van der Waals surface area contributed by atoms with Gasteiger partial charge in [-0.15, -0.1) is 17.5 Å². The smallest absolute Gasteiger partial charge is 0.229 e. The zero-order chi connectivity index (χ0) is 20.2. The molecule has 3 aromatic rings. The van der Waals surface area contributed by atoms with Crippen molar-refractivity contribution in [3.63, 3.8) is 0 Å². The van der Waals surface area contributed by atoms with Crippen molar-refractivity contribution in [3.05, 3.63) is 71.5 Å². The number of aromatic nitrogens is 3. The molecule has 0 spiro atoms. The fourth-order valence-corrected chi connectivity index (χ4v) is 3.81. The van der Waals surface area contributed by atoms with Crippen molar-refractivity contribution in [3.8, 4) is 11.4 Å². The van der Waals surface area contributed by atoms with Gasteiger partial charge in [0.25, 0.3) is 0 Å². The Bertz CT molecular complexity index is 992. The summed E-state index contributed by atoms with van der Waals surface area (Å²) >= 11 is 0. The molecule has 0 aliphatic carbocycles. The van der Waals surface area contributed by atoms with Crippen molar-refractivity contribution in [2.75, 3.05) is 26.7 Å². The van der Waals surface area contributed by atoms with Crippen LogP contribution in [0, 0.1) is 6.92 Å². The standard InChI is InChI=1S/C22H25N5O2.ClH/c1-16-19(24-25-27(16)17-8-4-3-5-9-17)14-22(28)26-13-12-23-15-20(26)18-10-6-7-11-21(18)29-2;/h3-11,20,23H,12-15H2,1-2H3;1H. The number of carbonyl (C=O) groups is 1. The third kappa shape index (κ3) is 4.32. The Morgan fingerprint density at radius 1 is 1.17 bits per heavy atom. The Balaban J connectivity index is 0.00000256. The normalized spacial score (nSPS) is 16.1. The number of benzene rings is 2. The molecular formula is C22H26ClN5O2.